The first kappa shape index (κ1) is 22.1. The Morgan fingerprint density at radius 1 is 1.00 bits per heavy atom. The number of nitrogens with two attached hydrogens (primary N) is 1. The number of benzene rings is 1. The van der Waals surface area contributed by atoms with Gasteiger partial charge in [0, 0.05) is 0 Å². The molecule has 0 aliphatic carbocycles. The molecule has 0 aliphatic rings. The molecule has 0 atom stereocenters. The summed E-state index contributed by atoms with van der Waals surface area (Å²) in [6, 6.07) is 1.49. The molecule has 0 aliphatic heterocycles. The Hall–Kier alpha value is 0.800. The Kier molecular flexibility index (Phi) is 8.96. The Morgan fingerprint density at radius 2 is 1.37 bits per heavy atom. The van der Waals surface area contributed by atoms with Crippen LogP contribution in [0.4, 0.5) is 5.69 Å². The second-order valence-electron chi connectivity index (χ2n) is 3.17. The van der Waals surface area contributed by atoms with Crippen LogP contribution in [0.1, 0.15) is 5.56 Å². The Balaban J connectivity index is 0. The molecule has 1 rings (SSSR count). The van der Waals surface area contributed by atoms with Gasteiger partial charge in [0.2, 0.25) is 0 Å². The van der Waals surface area contributed by atoms with Crippen LogP contribution in [-0.2, 0) is 20.2 Å². The number of aryl methyl sites for hydroxylation is 1. The van der Waals surface area contributed by atoms with Crippen molar-refractivity contribution in [2.24, 2.45) is 5.84 Å². The van der Waals surface area contributed by atoms with E-state index in [9.17, 15) is 25.9 Å². The van der Waals surface area contributed by atoms with E-state index in [0.29, 0.717) is 6.07 Å². The van der Waals surface area contributed by atoms with Crippen LogP contribution in [0.25, 0.3) is 0 Å². The largest absolute Gasteiger partial charge is 1.00 e. The molecule has 1 aromatic carbocycles. The summed E-state index contributed by atoms with van der Waals surface area (Å²) in [6.07, 6.45) is 0. The summed E-state index contributed by atoms with van der Waals surface area (Å²) >= 11 is 0. The van der Waals surface area contributed by atoms with Gasteiger partial charge in [-0.05, 0) is 24.6 Å². The fraction of sp³-hybridized carbons (Fsp3) is 0.143. The third-order valence-corrected chi connectivity index (χ3v) is 3.87. The van der Waals surface area contributed by atoms with Crippen LogP contribution < -0.4 is 70.4 Å². The van der Waals surface area contributed by atoms with Crippen LogP contribution in [0.5, 0.6) is 0 Å². The molecule has 19 heavy (non-hydrogen) atoms. The number of hydrogen-bond donors (Lipinski definition) is 2. The molecule has 0 aromatic heterocycles. The zero-order valence-corrected chi connectivity index (χ0v) is 16.1. The Morgan fingerprint density at radius 3 is 1.68 bits per heavy atom. The van der Waals surface area contributed by atoms with Crippen molar-refractivity contribution in [1.82, 2.24) is 0 Å². The van der Waals surface area contributed by atoms with Crippen LogP contribution in [-0.4, -0.2) is 25.9 Å². The second kappa shape index (κ2) is 7.71. The maximum absolute atomic E-state index is 10.9. The Labute approximate surface area is 155 Å². The minimum Gasteiger partial charge on any atom is -0.744 e. The van der Waals surface area contributed by atoms with Crippen molar-refractivity contribution in [2.45, 2.75) is 16.7 Å². The van der Waals surface area contributed by atoms with E-state index in [1.165, 1.54) is 6.92 Å². The van der Waals surface area contributed by atoms with Gasteiger partial charge in [-0.2, -0.15) is 0 Å². The van der Waals surface area contributed by atoms with Gasteiger partial charge in [-0.3, -0.25) is 5.84 Å². The van der Waals surface area contributed by atoms with Crippen molar-refractivity contribution in [1.29, 1.82) is 0 Å². The van der Waals surface area contributed by atoms with Crippen LogP contribution in [0.15, 0.2) is 21.9 Å². The van der Waals surface area contributed by atoms with Gasteiger partial charge in [-0.25, -0.2) is 16.8 Å². The third-order valence-electron chi connectivity index (χ3n) is 1.98. The molecule has 0 heterocycles. The normalized spacial score (nSPS) is 11.2. The van der Waals surface area contributed by atoms with E-state index < -0.39 is 30.0 Å². The van der Waals surface area contributed by atoms with Crippen molar-refractivity contribution >= 4 is 25.9 Å². The van der Waals surface area contributed by atoms with Crippen LogP contribution in [0.2, 0.25) is 0 Å². The number of anilines is 1. The van der Waals surface area contributed by atoms with E-state index in [0.717, 1.165) is 6.07 Å². The van der Waals surface area contributed by atoms with Gasteiger partial charge < -0.3 is 14.5 Å². The number of nitrogens with one attached hydrogen (secondary N) is 1. The van der Waals surface area contributed by atoms with E-state index >= 15 is 0 Å². The minimum atomic E-state index is -5.09. The zero-order chi connectivity index (χ0) is 13.4. The van der Waals surface area contributed by atoms with E-state index in [1.807, 2.05) is 0 Å². The molecule has 1 aromatic rings. The molecule has 12 heteroatoms. The second-order valence-corrected chi connectivity index (χ2v) is 5.86. The predicted molar refractivity (Wildman–Crippen MR) is 54.9 cm³/mol. The van der Waals surface area contributed by atoms with Gasteiger partial charge in [0.15, 0.2) is 0 Å². The summed E-state index contributed by atoms with van der Waals surface area (Å²) in [4.78, 5) is -2.20. The molecule has 0 radical (unpaired) electrons. The number of hydrazine groups is 1. The molecule has 0 bridgehead atoms. The zero-order valence-electron chi connectivity index (χ0n) is 10.5. The van der Waals surface area contributed by atoms with Gasteiger partial charge in [0.25, 0.3) is 0 Å². The minimum absolute atomic E-state index is 0. The van der Waals surface area contributed by atoms with Crippen LogP contribution in [0.3, 0.4) is 0 Å². The molecule has 96 valence electrons. The molecule has 0 spiro atoms. The van der Waals surface area contributed by atoms with Gasteiger partial charge in [-0.1, -0.05) is 0 Å². The third kappa shape index (κ3) is 5.59. The SMILES string of the molecule is Cc1cc(S(=O)(=O)[O-])c(S(=O)(=O)[O-])cc1NN.[Na+].[Na+]. The van der Waals surface area contributed by atoms with E-state index in [-0.39, 0.29) is 70.4 Å². The predicted octanol–water partition coefficient (Wildman–Crippen LogP) is -6.90. The summed E-state index contributed by atoms with van der Waals surface area (Å²) in [5.41, 5.74) is 2.34. The quantitative estimate of drug-likeness (QED) is 0.240. The summed E-state index contributed by atoms with van der Waals surface area (Å²) in [5.74, 6) is 5.05. The average Bonchev–Trinajstić information content (AvgIpc) is 2.14. The molecule has 0 saturated heterocycles. The maximum Gasteiger partial charge on any atom is 1.00 e. The molecule has 0 fully saturated rings. The van der Waals surface area contributed by atoms with E-state index in [1.54, 1.807) is 0 Å². The molecule has 3 N–H and O–H groups in total. The standard InChI is InChI=1S/C7H10N2O6S2.2Na/c1-4-2-6(16(10,11)12)7(17(13,14)15)3-5(4)9-8;;/h2-3,9H,8H2,1H3,(H,10,11,12)(H,13,14,15);;/q;2*+1/p-2. The fourth-order valence-electron chi connectivity index (χ4n) is 1.21. The van der Waals surface area contributed by atoms with E-state index in [2.05, 4.69) is 5.43 Å². The summed E-state index contributed by atoms with van der Waals surface area (Å²) in [5, 5.41) is 0. The van der Waals surface area contributed by atoms with Crippen molar-refractivity contribution in [2.75, 3.05) is 5.43 Å². The smallest absolute Gasteiger partial charge is 0.744 e. The summed E-state index contributed by atoms with van der Waals surface area (Å²) < 4.78 is 65.1. The van der Waals surface area contributed by atoms with Gasteiger partial charge in [-0.15, -0.1) is 0 Å². The topological polar surface area (TPSA) is 152 Å². The molecule has 0 amide bonds. The fourth-order valence-corrected chi connectivity index (χ4v) is 3.01. The van der Waals surface area contributed by atoms with Crippen LogP contribution >= 0.6 is 0 Å². The number of nitrogen functional groups attached to an aromatic ring is 1. The van der Waals surface area contributed by atoms with Crippen LogP contribution in [0, 0.1) is 6.92 Å². The van der Waals surface area contributed by atoms with Gasteiger partial charge in [0.05, 0.1) is 15.5 Å². The first-order valence-electron chi connectivity index (χ1n) is 4.10. The Bertz CT molecular complexity index is 658. The van der Waals surface area contributed by atoms with Crippen molar-refractivity contribution in [3.8, 4) is 0 Å². The van der Waals surface area contributed by atoms with Crippen molar-refractivity contribution < 1.29 is 85.1 Å². The van der Waals surface area contributed by atoms with Crippen molar-refractivity contribution in [3.05, 3.63) is 17.7 Å². The molecular formula is C7H8N2Na2O6S2. The maximum atomic E-state index is 10.9. The van der Waals surface area contributed by atoms with Crippen molar-refractivity contribution in [3.63, 3.8) is 0 Å². The number of hydrogen-bond acceptors (Lipinski definition) is 8. The van der Waals surface area contributed by atoms with Gasteiger partial charge in [0.1, 0.15) is 20.2 Å². The van der Waals surface area contributed by atoms with E-state index in [4.69, 9.17) is 5.84 Å². The molecule has 0 unspecified atom stereocenters. The monoisotopic (exact) mass is 326 g/mol. The first-order valence-corrected chi connectivity index (χ1v) is 6.92. The molecular weight excluding hydrogens is 318 g/mol. The summed E-state index contributed by atoms with van der Waals surface area (Å²) in [7, 11) is -10.2. The summed E-state index contributed by atoms with van der Waals surface area (Å²) in [6.45, 7) is 1.39. The average molecular weight is 326 g/mol. The molecule has 0 saturated carbocycles. The molecule has 8 nitrogen and oxygen atoms in total. The number of rotatable bonds is 3. The first-order chi connectivity index (χ1) is 7.57. The van der Waals surface area contributed by atoms with Gasteiger partial charge >= 0.3 is 59.1 Å².